The van der Waals surface area contributed by atoms with E-state index in [9.17, 15) is 4.79 Å². The highest BCUT2D eigenvalue weighted by molar-refractivity contribution is 6.18. The lowest BCUT2D eigenvalue weighted by molar-refractivity contribution is 0.0979. The Balaban J connectivity index is 2.32. The summed E-state index contributed by atoms with van der Waals surface area (Å²) in [6.07, 6.45) is 7.51. The Hall–Kier alpha value is -0.820. The van der Waals surface area contributed by atoms with Gasteiger partial charge in [0.2, 0.25) is 0 Å². The monoisotopic (exact) mass is 266 g/mol. The zero-order valence-electron chi connectivity index (χ0n) is 11.3. The Morgan fingerprint density at radius 1 is 1.06 bits per heavy atom. The average molecular weight is 267 g/mol. The van der Waals surface area contributed by atoms with Crippen LogP contribution in [0.2, 0.25) is 0 Å². The molecule has 0 fully saturated rings. The van der Waals surface area contributed by atoms with Crippen LogP contribution in [0, 0.1) is 0 Å². The number of carbonyl (C=O) groups excluding carboxylic acids is 1. The van der Waals surface area contributed by atoms with Crippen molar-refractivity contribution in [3.05, 3.63) is 35.4 Å². The van der Waals surface area contributed by atoms with Crippen molar-refractivity contribution in [3.63, 3.8) is 0 Å². The summed E-state index contributed by atoms with van der Waals surface area (Å²) in [5.74, 6) is 0.897. The number of alkyl halides is 1. The molecule has 0 saturated carbocycles. The van der Waals surface area contributed by atoms with Crippen molar-refractivity contribution in [2.45, 2.75) is 51.9 Å². The van der Waals surface area contributed by atoms with E-state index < -0.39 is 0 Å². The smallest absolute Gasteiger partial charge is 0.162 e. The molecule has 1 rings (SSSR count). The molecule has 18 heavy (non-hydrogen) atoms. The summed E-state index contributed by atoms with van der Waals surface area (Å²) in [6.45, 7) is 2.20. The van der Waals surface area contributed by atoms with Gasteiger partial charge in [0, 0.05) is 17.9 Å². The molecule has 0 spiro atoms. The summed E-state index contributed by atoms with van der Waals surface area (Å²) >= 11 is 5.68. The maximum absolute atomic E-state index is 11.9. The second kappa shape index (κ2) is 9.16. The van der Waals surface area contributed by atoms with E-state index >= 15 is 0 Å². The number of benzene rings is 1. The minimum Gasteiger partial charge on any atom is -0.294 e. The van der Waals surface area contributed by atoms with Crippen molar-refractivity contribution in [3.8, 4) is 0 Å². The molecule has 0 saturated heterocycles. The summed E-state index contributed by atoms with van der Waals surface area (Å²) in [5.41, 5.74) is 2.04. The van der Waals surface area contributed by atoms with Crippen LogP contribution in [0.25, 0.3) is 0 Å². The molecule has 0 atom stereocenters. The average Bonchev–Trinajstić information content (AvgIpc) is 2.39. The first kappa shape index (κ1) is 15.2. The van der Waals surface area contributed by atoms with Crippen LogP contribution in [0.3, 0.4) is 0 Å². The second-order valence-electron chi connectivity index (χ2n) is 4.72. The van der Waals surface area contributed by atoms with Crippen LogP contribution in [-0.2, 0) is 6.42 Å². The van der Waals surface area contributed by atoms with Crippen LogP contribution in [0.1, 0.15) is 61.4 Å². The predicted octanol–water partition coefficient (Wildman–Crippen LogP) is 5.01. The van der Waals surface area contributed by atoms with E-state index in [4.69, 9.17) is 11.6 Å². The quantitative estimate of drug-likeness (QED) is 0.349. The van der Waals surface area contributed by atoms with Gasteiger partial charge in [0.1, 0.15) is 0 Å². The third-order valence-electron chi connectivity index (χ3n) is 3.17. The first-order chi connectivity index (χ1) is 8.77. The fraction of sp³-hybridized carbons (Fsp3) is 0.562. The maximum atomic E-state index is 11.9. The number of rotatable bonds is 9. The maximum Gasteiger partial charge on any atom is 0.162 e. The van der Waals surface area contributed by atoms with E-state index in [2.05, 4.69) is 6.92 Å². The first-order valence-corrected chi connectivity index (χ1v) is 7.49. The summed E-state index contributed by atoms with van der Waals surface area (Å²) < 4.78 is 0. The van der Waals surface area contributed by atoms with Crippen LogP contribution in [0.4, 0.5) is 0 Å². The van der Waals surface area contributed by atoms with Gasteiger partial charge in [0.25, 0.3) is 0 Å². The minimum absolute atomic E-state index is 0.268. The van der Waals surface area contributed by atoms with Gasteiger partial charge in [-0.3, -0.25) is 4.79 Å². The zero-order valence-corrected chi connectivity index (χ0v) is 12.0. The third kappa shape index (κ3) is 5.68. The Morgan fingerprint density at radius 2 is 1.72 bits per heavy atom. The topological polar surface area (TPSA) is 17.1 Å². The number of Topliss-reactive ketones (excluding diaryl/α,β-unsaturated/α-hetero) is 1. The van der Waals surface area contributed by atoms with Crippen LogP contribution in [0.15, 0.2) is 24.3 Å². The fourth-order valence-electron chi connectivity index (χ4n) is 2.00. The van der Waals surface area contributed by atoms with Gasteiger partial charge >= 0.3 is 0 Å². The fourth-order valence-corrected chi connectivity index (χ4v) is 2.22. The standard InChI is InChI=1S/C16H23ClO/c1-2-3-4-5-6-7-16(18)15-10-8-14(9-11-15)12-13-17/h8-11H,2-7,12-13H2,1H3. The van der Waals surface area contributed by atoms with Gasteiger partial charge in [-0.05, 0) is 18.4 Å². The van der Waals surface area contributed by atoms with Crippen molar-refractivity contribution in [2.75, 3.05) is 5.88 Å². The number of aryl methyl sites for hydroxylation is 1. The normalized spacial score (nSPS) is 10.6. The highest BCUT2D eigenvalue weighted by Crippen LogP contribution is 2.11. The van der Waals surface area contributed by atoms with Crippen molar-refractivity contribution >= 4 is 17.4 Å². The molecule has 0 amide bonds. The molecule has 0 aliphatic heterocycles. The van der Waals surface area contributed by atoms with E-state index in [1.54, 1.807) is 0 Å². The molecular weight excluding hydrogens is 244 g/mol. The number of hydrogen-bond acceptors (Lipinski definition) is 1. The van der Waals surface area contributed by atoms with Crippen LogP contribution >= 0.6 is 11.6 Å². The Kier molecular flexibility index (Phi) is 7.75. The summed E-state index contributed by atoms with van der Waals surface area (Å²) in [5, 5.41) is 0. The molecule has 0 bridgehead atoms. The van der Waals surface area contributed by atoms with E-state index in [0.29, 0.717) is 12.3 Å². The molecule has 100 valence electrons. The van der Waals surface area contributed by atoms with Crippen molar-refractivity contribution in [2.24, 2.45) is 0 Å². The molecule has 0 aliphatic carbocycles. The molecule has 0 heterocycles. The zero-order chi connectivity index (χ0) is 13.2. The van der Waals surface area contributed by atoms with Crippen LogP contribution in [0.5, 0.6) is 0 Å². The van der Waals surface area contributed by atoms with Gasteiger partial charge in [-0.15, -0.1) is 11.6 Å². The largest absolute Gasteiger partial charge is 0.294 e. The predicted molar refractivity (Wildman–Crippen MR) is 78.6 cm³/mol. The molecule has 0 unspecified atom stereocenters. The molecule has 1 aromatic rings. The van der Waals surface area contributed by atoms with E-state index in [1.807, 2.05) is 24.3 Å². The molecule has 0 radical (unpaired) electrons. The van der Waals surface area contributed by atoms with Gasteiger partial charge in [-0.2, -0.15) is 0 Å². The Bertz CT molecular complexity index is 343. The number of carbonyl (C=O) groups is 1. The molecule has 0 aromatic heterocycles. The lowest BCUT2D eigenvalue weighted by Crippen LogP contribution is -1.99. The highest BCUT2D eigenvalue weighted by Gasteiger charge is 2.05. The highest BCUT2D eigenvalue weighted by atomic mass is 35.5. The van der Waals surface area contributed by atoms with Crippen molar-refractivity contribution in [1.29, 1.82) is 0 Å². The van der Waals surface area contributed by atoms with Gasteiger partial charge in [-0.1, -0.05) is 56.9 Å². The molecule has 1 nitrogen and oxygen atoms in total. The first-order valence-electron chi connectivity index (χ1n) is 6.96. The van der Waals surface area contributed by atoms with E-state index in [-0.39, 0.29) is 5.78 Å². The molecule has 2 heteroatoms. The van der Waals surface area contributed by atoms with Gasteiger partial charge < -0.3 is 0 Å². The Labute approximate surface area is 116 Å². The lowest BCUT2D eigenvalue weighted by atomic mass is 10.0. The summed E-state index contributed by atoms with van der Waals surface area (Å²) in [7, 11) is 0. The number of unbranched alkanes of at least 4 members (excludes halogenated alkanes) is 4. The summed E-state index contributed by atoms with van der Waals surface area (Å²) in [4.78, 5) is 11.9. The number of hydrogen-bond donors (Lipinski definition) is 0. The van der Waals surface area contributed by atoms with Crippen molar-refractivity contribution in [1.82, 2.24) is 0 Å². The lowest BCUT2D eigenvalue weighted by Gasteiger charge is -2.03. The SMILES string of the molecule is CCCCCCCC(=O)c1ccc(CCCl)cc1. The third-order valence-corrected chi connectivity index (χ3v) is 3.36. The van der Waals surface area contributed by atoms with Gasteiger partial charge in [0.15, 0.2) is 5.78 Å². The van der Waals surface area contributed by atoms with Gasteiger partial charge in [-0.25, -0.2) is 0 Å². The minimum atomic E-state index is 0.268. The van der Waals surface area contributed by atoms with Gasteiger partial charge in [0.05, 0.1) is 0 Å². The van der Waals surface area contributed by atoms with E-state index in [1.165, 1.54) is 31.2 Å². The summed E-state index contributed by atoms with van der Waals surface area (Å²) in [6, 6.07) is 7.87. The van der Waals surface area contributed by atoms with Crippen molar-refractivity contribution < 1.29 is 4.79 Å². The van der Waals surface area contributed by atoms with Crippen LogP contribution in [-0.4, -0.2) is 11.7 Å². The molecular formula is C16H23ClO. The van der Waals surface area contributed by atoms with Crippen LogP contribution < -0.4 is 0 Å². The Morgan fingerprint density at radius 3 is 2.33 bits per heavy atom. The molecule has 0 aliphatic rings. The second-order valence-corrected chi connectivity index (χ2v) is 5.10. The number of halogens is 1. The number of ketones is 1. The van der Waals surface area contributed by atoms with E-state index in [0.717, 1.165) is 18.4 Å². The molecule has 0 N–H and O–H groups in total. The molecule has 1 aromatic carbocycles.